The van der Waals surface area contributed by atoms with Crippen molar-refractivity contribution < 1.29 is 18.4 Å². The molecule has 0 aliphatic carbocycles. The Labute approximate surface area is 150 Å². The van der Waals surface area contributed by atoms with E-state index in [0.717, 1.165) is 24.2 Å². The van der Waals surface area contributed by atoms with Gasteiger partial charge in [-0.3, -0.25) is 14.5 Å². The number of rotatable bonds is 7. The van der Waals surface area contributed by atoms with Crippen LogP contribution in [0.3, 0.4) is 0 Å². The predicted octanol–water partition coefficient (Wildman–Crippen LogP) is 1.73. The SMILES string of the molecule is CCCNC(=O)CN1CCN(C(=O)CSc2ccc(F)cc2F)CC1. The first-order chi connectivity index (χ1) is 12.0. The van der Waals surface area contributed by atoms with E-state index in [0.29, 0.717) is 39.3 Å². The fourth-order valence-corrected chi connectivity index (χ4v) is 3.32. The lowest BCUT2D eigenvalue weighted by molar-refractivity contribution is -0.130. The van der Waals surface area contributed by atoms with E-state index in [1.807, 2.05) is 11.8 Å². The van der Waals surface area contributed by atoms with Crippen molar-refractivity contribution in [3.8, 4) is 0 Å². The summed E-state index contributed by atoms with van der Waals surface area (Å²) in [4.78, 5) is 27.9. The Morgan fingerprint density at radius 1 is 1.20 bits per heavy atom. The number of hydrogen-bond donors (Lipinski definition) is 1. The maximum atomic E-state index is 13.6. The summed E-state index contributed by atoms with van der Waals surface area (Å²) in [6, 6.07) is 3.34. The smallest absolute Gasteiger partial charge is 0.234 e. The van der Waals surface area contributed by atoms with Gasteiger partial charge in [0.2, 0.25) is 11.8 Å². The van der Waals surface area contributed by atoms with Crippen molar-refractivity contribution in [2.24, 2.45) is 0 Å². The number of piperazine rings is 1. The molecule has 0 atom stereocenters. The largest absolute Gasteiger partial charge is 0.355 e. The highest BCUT2D eigenvalue weighted by molar-refractivity contribution is 8.00. The van der Waals surface area contributed by atoms with Crippen LogP contribution in [0, 0.1) is 11.6 Å². The third-order valence-corrected chi connectivity index (χ3v) is 4.94. The fraction of sp³-hybridized carbons (Fsp3) is 0.529. The normalized spacial score (nSPS) is 15.2. The lowest BCUT2D eigenvalue weighted by atomic mass is 10.3. The molecule has 8 heteroatoms. The van der Waals surface area contributed by atoms with Gasteiger partial charge in [-0.1, -0.05) is 6.92 Å². The lowest BCUT2D eigenvalue weighted by Gasteiger charge is -2.34. The first-order valence-corrected chi connectivity index (χ1v) is 9.33. The molecule has 1 saturated heterocycles. The standard InChI is InChI=1S/C17H23F2N3O2S/c1-2-5-20-16(23)11-21-6-8-22(9-7-21)17(24)12-25-15-4-3-13(18)10-14(15)19/h3-4,10H,2,5-9,11-12H2,1H3,(H,20,23). The zero-order valence-corrected chi connectivity index (χ0v) is 15.1. The minimum atomic E-state index is -0.652. The Morgan fingerprint density at radius 3 is 2.56 bits per heavy atom. The molecule has 0 aromatic heterocycles. The van der Waals surface area contributed by atoms with E-state index in [2.05, 4.69) is 5.32 Å². The lowest BCUT2D eigenvalue weighted by Crippen LogP contribution is -2.51. The second-order valence-electron chi connectivity index (χ2n) is 5.87. The zero-order chi connectivity index (χ0) is 18.2. The molecule has 2 rings (SSSR count). The van der Waals surface area contributed by atoms with Gasteiger partial charge in [-0.15, -0.1) is 11.8 Å². The third-order valence-electron chi connectivity index (χ3n) is 3.91. The van der Waals surface area contributed by atoms with Gasteiger partial charge in [-0.05, 0) is 18.6 Å². The molecule has 138 valence electrons. The molecule has 1 aromatic rings. The molecule has 1 aliphatic rings. The Kier molecular flexibility index (Phi) is 7.64. The maximum Gasteiger partial charge on any atom is 0.234 e. The average molecular weight is 371 g/mol. The molecule has 5 nitrogen and oxygen atoms in total. The van der Waals surface area contributed by atoms with Crippen molar-refractivity contribution in [2.45, 2.75) is 18.2 Å². The summed E-state index contributed by atoms with van der Waals surface area (Å²) in [6.45, 7) is 5.40. The monoisotopic (exact) mass is 371 g/mol. The van der Waals surface area contributed by atoms with Crippen molar-refractivity contribution in [3.05, 3.63) is 29.8 Å². The van der Waals surface area contributed by atoms with Gasteiger partial charge < -0.3 is 10.2 Å². The van der Waals surface area contributed by atoms with Crippen molar-refractivity contribution in [2.75, 3.05) is 45.0 Å². The Bertz CT molecular complexity index is 608. The minimum Gasteiger partial charge on any atom is -0.355 e. The van der Waals surface area contributed by atoms with Crippen molar-refractivity contribution in [3.63, 3.8) is 0 Å². The molecule has 1 aromatic carbocycles. The highest BCUT2D eigenvalue weighted by Crippen LogP contribution is 2.22. The van der Waals surface area contributed by atoms with E-state index in [1.165, 1.54) is 12.1 Å². The first-order valence-electron chi connectivity index (χ1n) is 8.34. The third kappa shape index (κ3) is 6.28. The maximum absolute atomic E-state index is 13.6. The average Bonchev–Trinajstić information content (AvgIpc) is 2.59. The summed E-state index contributed by atoms with van der Waals surface area (Å²) in [5.41, 5.74) is 0. The summed E-state index contributed by atoms with van der Waals surface area (Å²) in [6.07, 6.45) is 0.903. The van der Waals surface area contributed by atoms with E-state index in [-0.39, 0.29) is 22.5 Å². The molecule has 0 bridgehead atoms. The minimum absolute atomic E-state index is 0.00367. The van der Waals surface area contributed by atoms with Crippen LogP contribution in [0.1, 0.15) is 13.3 Å². The summed E-state index contributed by atoms with van der Waals surface area (Å²) in [5, 5.41) is 2.83. The Hall–Kier alpha value is -1.67. The quantitative estimate of drug-likeness (QED) is 0.742. The van der Waals surface area contributed by atoms with Crippen molar-refractivity contribution in [1.29, 1.82) is 0 Å². The van der Waals surface area contributed by atoms with Crippen LogP contribution in [0.15, 0.2) is 23.1 Å². The Morgan fingerprint density at radius 2 is 1.92 bits per heavy atom. The van der Waals surface area contributed by atoms with Gasteiger partial charge >= 0.3 is 0 Å². The Balaban J connectivity index is 1.73. The second kappa shape index (κ2) is 9.72. The molecule has 2 amide bonds. The molecule has 0 saturated carbocycles. The molecule has 0 unspecified atom stereocenters. The number of nitrogens with zero attached hydrogens (tertiary/aromatic N) is 2. The number of amides is 2. The number of hydrogen-bond acceptors (Lipinski definition) is 4. The molecular formula is C17H23F2N3O2S. The summed E-state index contributed by atoms with van der Waals surface area (Å²) < 4.78 is 26.4. The van der Waals surface area contributed by atoms with Gasteiger partial charge in [0.05, 0.1) is 12.3 Å². The van der Waals surface area contributed by atoms with E-state index in [4.69, 9.17) is 0 Å². The van der Waals surface area contributed by atoms with Crippen LogP contribution in [0.4, 0.5) is 8.78 Å². The van der Waals surface area contributed by atoms with Crippen molar-refractivity contribution in [1.82, 2.24) is 15.1 Å². The van der Waals surface area contributed by atoms with Crippen LogP contribution >= 0.6 is 11.8 Å². The zero-order valence-electron chi connectivity index (χ0n) is 14.3. The molecule has 1 fully saturated rings. The van der Waals surface area contributed by atoms with Gasteiger partial charge in [-0.25, -0.2) is 8.78 Å². The fourth-order valence-electron chi connectivity index (χ4n) is 2.50. The molecule has 1 N–H and O–H groups in total. The van der Waals surface area contributed by atoms with E-state index in [9.17, 15) is 18.4 Å². The number of carbonyl (C=O) groups excluding carboxylic acids is 2. The summed E-state index contributed by atoms with van der Waals surface area (Å²) in [5.74, 6) is -1.25. The molecular weight excluding hydrogens is 348 g/mol. The van der Waals surface area contributed by atoms with Gasteiger partial charge in [0.1, 0.15) is 11.6 Å². The van der Waals surface area contributed by atoms with Crippen LogP contribution in [0.2, 0.25) is 0 Å². The number of carbonyl (C=O) groups is 2. The molecule has 1 heterocycles. The van der Waals surface area contributed by atoms with Gasteiger partial charge in [-0.2, -0.15) is 0 Å². The highest BCUT2D eigenvalue weighted by Gasteiger charge is 2.22. The predicted molar refractivity (Wildman–Crippen MR) is 93.4 cm³/mol. The van der Waals surface area contributed by atoms with Gasteiger partial charge in [0.15, 0.2) is 0 Å². The number of nitrogens with one attached hydrogen (secondary N) is 1. The van der Waals surface area contributed by atoms with E-state index in [1.54, 1.807) is 4.90 Å². The van der Waals surface area contributed by atoms with Crippen LogP contribution in [-0.2, 0) is 9.59 Å². The second-order valence-corrected chi connectivity index (χ2v) is 6.89. The number of halogens is 2. The van der Waals surface area contributed by atoms with E-state index >= 15 is 0 Å². The molecule has 0 radical (unpaired) electrons. The highest BCUT2D eigenvalue weighted by atomic mass is 32.2. The van der Waals surface area contributed by atoms with Gasteiger partial charge in [0.25, 0.3) is 0 Å². The van der Waals surface area contributed by atoms with Crippen LogP contribution in [0.25, 0.3) is 0 Å². The summed E-state index contributed by atoms with van der Waals surface area (Å²) in [7, 11) is 0. The topological polar surface area (TPSA) is 52.7 Å². The van der Waals surface area contributed by atoms with Crippen LogP contribution < -0.4 is 5.32 Å². The van der Waals surface area contributed by atoms with E-state index < -0.39 is 11.6 Å². The van der Waals surface area contributed by atoms with Crippen molar-refractivity contribution >= 4 is 23.6 Å². The number of benzene rings is 1. The molecule has 25 heavy (non-hydrogen) atoms. The van der Waals surface area contributed by atoms with Gasteiger partial charge in [0, 0.05) is 43.7 Å². The van der Waals surface area contributed by atoms with Crippen LogP contribution in [0.5, 0.6) is 0 Å². The number of thioether (sulfide) groups is 1. The van der Waals surface area contributed by atoms with Crippen LogP contribution in [-0.4, -0.2) is 66.6 Å². The summed E-state index contributed by atoms with van der Waals surface area (Å²) >= 11 is 1.07. The first kappa shape index (κ1) is 19.7. The molecule has 1 aliphatic heterocycles. The molecule has 0 spiro atoms.